The van der Waals surface area contributed by atoms with Gasteiger partial charge >= 0.3 is 5.97 Å². The number of nitrogens with one attached hydrogen (secondary N) is 1. The zero-order chi connectivity index (χ0) is 15.6. The van der Waals surface area contributed by atoms with Crippen LogP contribution < -0.4 is 5.32 Å². The van der Waals surface area contributed by atoms with Crippen LogP contribution in [0.25, 0.3) is 11.0 Å². The first-order valence-corrected chi connectivity index (χ1v) is 6.92. The summed E-state index contributed by atoms with van der Waals surface area (Å²) in [6, 6.07) is 5.25. The fourth-order valence-corrected chi connectivity index (χ4v) is 2.18. The maximum atomic E-state index is 12.0. The molecular formula is C15H16ClNO4. The Hall–Kier alpha value is -2.01. The van der Waals surface area contributed by atoms with Crippen molar-refractivity contribution in [1.82, 2.24) is 5.32 Å². The van der Waals surface area contributed by atoms with Gasteiger partial charge in [0.2, 0.25) is 5.76 Å². The molecule has 1 heterocycles. The highest BCUT2D eigenvalue weighted by Crippen LogP contribution is 2.30. The second kappa shape index (κ2) is 6.18. The van der Waals surface area contributed by atoms with Crippen LogP contribution in [0.1, 0.15) is 30.0 Å². The van der Waals surface area contributed by atoms with E-state index in [9.17, 15) is 9.59 Å². The molecule has 1 aromatic heterocycles. The lowest BCUT2D eigenvalue weighted by Crippen LogP contribution is -2.34. The second-order valence-electron chi connectivity index (χ2n) is 4.97. The maximum Gasteiger partial charge on any atom is 0.375 e. The van der Waals surface area contributed by atoms with Crippen molar-refractivity contribution in [3.8, 4) is 0 Å². The van der Waals surface area contributed by atoms with E-state index in [1.807, 2.05) is 19.9 Å². The van der Waals surface area contributed by atoms with Gasteiger partial charge in [-0.1, -0.05) is 23.7 Å². The maximum absolute atomic E-state index is 12.0. The SMILES string of the molecule is Cc1c(C(=O)OCC(=O)NC(C)C)oc2c(Cl)cccc12. The van der Waals surface area contributed by atoms with Crippen molar-refractivity contribution in [2.45, 2.75) is 26.8 Å². The zero-order valence-electron chi connectivity index (χ0n) is 12.0. The summed E-state index contributed by atoms with van der Waals surface area (Å²) >= 11 is 6.02. The van der Waals surface area contributed by atoms with Crippen LogP contribution in [-0.2, 0) is 9.53 Å². The summed E-state index contributed by atoms with van der Waals surface area (Å²) in [5.74, 6) is -0.973. The van der Waals surface area contributed by atoms with Gasteiger partial charge in [-0.3, -0.25) is 4.79 Å². The van der Waals surface area contributed by atoms with Gasteiger partial charge in [-0.15, -0.1) is 0 Å². The lowest BCUT2D eigenvalue weighted by atomic mass is 10.1. The van der Waals surface area contributed by atoms with E-state index < -0.39 is 5.97 Å². The zero-order valence-corrected chi connectivity index (χ0v) is 12.8. The molecule has 0 radical (unpaired) electrons. The summed E-state index contributed by atoms with van der Waals surface area (Å²) in [5.41, 5.74) is 1.08. The van der Waals surface area contributed by atoms with Crippen LogP contribution in [0.4, 0.5) is 0 Å². The smallest absolute Gasteiger partial charge is 0.375 e. The molecule has 0 unspecified atom stereocenters. The van der Waals surface area contributed by atoms with E-state index in [4.69, 9.17) is 20.8 Å². The van der Waals surface area contributed by atoms with Gasteiger partial charge in [0.15, 0.2) is 12.2 Å². The molecule has 1 N–H and O–H groups in total. The van der Waals surface area contributed by atoms with Gasteiger partial charge in [-0.2, -0.15) is 0 Å². The molecule has 2 aromatic rings. The lowest BCUT2D eigenvalue weighted by Gasteiger charge is -2.08. The van der Waals surface area contributed by atoms with Crippen LogP contribution in [0, 0.1) is 6.92 Å². The van der Waals surface area contributed by atoms with Gasteiger partial charge < -0.3 is 14.5 Å². The Morgan fingerprint density at radius 1 is 1.38 bits per heavy atom. The lowest BCUT2D eigenvalue weighted by molar-refractivity contribution is -0.124. The highest BCUT2D eigenvalue weighted by Gasteiger charge is 2.21. The van der Waals surface area contributed by atoms with Gasteiger partial charge in [0.25, 0.3) is 5.91 Å². The molecule has 0 bridgehead atoms. The van der Waals surface area contributed by atoms with Crippen molar-refractivity contribution in [3.05, 3.63) is 34.5 Å². The summed E-state index contributed by atoms with van der Waals surface area (Å²) in [6.45, 7) is 5.05. The molecule has 0 aliphatic heterocycles. The number of para-hydroxylation sites is 1. The van der Waals surface area contributed by atoms with Crippen molar-refractivity contribution >= 4 is 34.4 Å². The van der Waals surface area contributed by atoms with Crippen LogP contribution in [0.15, 0.2) is 22.6 Å². The van der Waals surface area contributed by atoms with E-state index in [0.29, 0.717) is 16.2 Å². The van der Waals surface area contributed by atoms with Crippen molar-refractivity contribution in [1.29, 1.82) is 0 Å². The molecule has 0 fully saturated rings. The van der Waals surface area contributed by atoms with Crippen LogP contribution in [0.5, 0.6) is 0 Å². The molecule has 0 aliphatic rings. The second-order valence-corrected chi connectivity index (χ2v) is 5.38. The molecule has 0 spiro atoms. The number of ether oxygens (including phenoxy) is 1. The Bertz CT molecular complexity index is 690. The van der Waals surface area contributed by atoms with Crippen molar-refractivity contribution in [2.24, 2.45) is 0 Å². The summed E-state index contributed by atoms with van der Waals surface area (Å²) in [7, 11) is 0. The van der Waals surface area contributed by atoms with Gasteiger partial charge in [-0.05, 0) is 26.8 Å². The number of hydrogen-bond acceptors (Lipinski definition) is 4. The molecule has 1 amide bonds. The van der Waals surface area contributed by atoms with Crippen molar-refractivity contribution < 1.29 is 18.7 Å². The Kier molecular flexibility index (Phi) is 4.53. The molecule has 2 rings (SSSR count). The standard InChI is InChI=1S/C15H16ClNO4/c1-8(2)17-12(18)7-20-15(19)13-9(3)10-5-4-6-11(16)14(10)21-13/h4-6,8H,7H2,1-3H3,(H,17,18). The van der Waals surface area contributed by atoms with Crippen LogP contribution in [0.2, 0.25) is 5.02 Å². The predicted octanol–water partition coefficient (Wildman–Crippen LogP) is 3.08. The largest absolute Gasteiger partial charge is 0.450 e. The third kappa shape index (κ3) is 3.36. The molecule has 0 saturated heterocycles. The Morgan fingerprint density at radius 2 is 2.10 bits per heavy atom. The van der Waals surface area contributed by atoms with Crippen LogP contribution >= 0.6 is 11.6 Å². The molecule has 112 valence electrons. The first kappa shape index (κ1) is 15.4. The minimum absolute atomic E-state index is 0.0112. The quantitative estimate of drug-likeness (QED) is 0.881. The number of carbonyl (C=O) groups is 2. The van der Waals surface area contributed by atoms with Gasteiger partial charge in [0.05, 0.1) is 5.02 Å². The third-order valence-electron chi connectivity index (χ3n) is 2.89. The number of hydrogen-bond donors (Lipinski definition) is 1. The van der Waals surface area contributed by atoms with E-state index >= 15 is 0 Å². The van der Waals surface area contributed by atoms with Crippen molar-refractivity contribution in [2.75, 3.05) is 6.61 Å². The Balaban J connectivity index is 2.15. The van der Waals surface area contributed by atoms with Gasteiger partial charge in [-0.25, -0.2) is 4.79 Å². The first-order chi connectivity index (χ1) is 9.90. The number of carbonyl (C=O) groups excluding carboxylic acids is 2. The van der Waals surface area contributed by atoms with Crippen LogP contribution in [-0.4, -0.2) is 24.5 Å². The molecule has 21 heavy (non-hydrogen) atoms. The van der Waals surface area contributed by atoms with Gasteiger partial charge in [0.1, 0.15) is 0 Å². The van der Waals surface area contributed by atoms with Crippen molar-refractivity contribution in [3.63, 3.8) is 0 Å². The van der Waals surface area contributed by atoms with E-state index in [0.717, 1.165) is 5.39 Å². The average Bonchev–Trinajstić information content (AvgIpc) is 2.75. The topological polar surface area (TPSA) is 68.5 Å². The monoisotopic (exact) mass is 309 g/mol. The number of aryl methyl sites for hydroxylation is 1. The van der Waals surface area contributed by atoms with Crippen LogP contribution in [0.3, 0.4) is 0 Å². The fourth-order valence-electron chi connectivity index (χ4n) is 1.96. The molecule has 0 saturated carbocycles. The number of rotatable bonds is 4. The predicted molar refractivity (Wildman–Crippen MR) is 79.5 cm³/mol. The third-order valence-corrected chi connectivity index (χ3v) is 3.18. The van der Waals surface area contributed by atoms with E-state index in [1.54, 1.807) is 19.1 Å². The number of benzene rings is 1. The van der Waals surface area contributed by atoms with E-state index in [2.05, 4.69) is 5.32 Å². The normalized spacial score (nSPS) is 10.9. The van der Waals surface area contributed by atoms with E-state index in [-0.39, 0.29) is 24.3 Å². The summed E-state index contributed by atoms with van der Waals surface area (Å²) < 4.78 is 10.4. The minimum Gasteiger partial charge on any atom is -0.450 e. The first-order valence-electron chi connectivity index (χ1n) is 6.54. The highest BCUT2D eigenvalue weighted by atomic mass is 35.5. The number of halogens is 1. The Labute approximate surface area is 127 Å². The van der Waals surface area contributed by atoms with E-state index in [1.165, 1.54) is 0 Å². The summed E-state index contributed by atoms with van der Waals surface area (Å²) in [4.78, 5) is 23.5. The number of fused-ring (bicyclic) bond motifs is 1. The molecule has 5 nitrogen and oxygen atoms in total. The molecule has 6 heteroatoms. The number of esters is 1. The molecule has 1 aromatic carbocycles. The summed E-state index contributed by atoms with van der Waals surface area (Å²) in [6.07, 6.45) is 0. The number of amides is 1. The molecule has 0 atom stereocenters. The van der Waals surface area contributed by atoms with Gasteiger partial charge in [0, 0.05) is 17.0 Å². The molecule has 0 aliphatic carbocycles. The average molecular weight is 310 g/mol. The summed E-state index contributed by atoms with van der Waals surface area (Å²) in [5, 5.41) is 3.81. The fraction of sp³-hybridized carbons (Fsp3) is 0.333. The Morgan fingerprint density at radius 3 is 2.71 bits per heavy atom. The highest BCUT2D eigenvalue weighted by molar-refractivity contribution is 6.35. The number of furan rings is 1. The minimum atomic E-state index is -0.682. The molecular weight excluding hydrogens is 294 g/mol.